The van der Waals surface area contributed by atoms with Gasteiger partial charge in [-0.1, -0.05) is 30.3 Å². The van der Waals surface area contributed by atoms with Crippen LogP contribution >= 0.6 is 0 Å². The van der Waals surface area contributed by atoms with Gasteiger partial charge in [0, 0.05) is 19.3 Å². The van der Waals surface area contributed by atoms with Crippen LogP contribution in [-0.4, -0.2) is 49.6 Å². The molecule has 4 rings (SSSR count). The fourth-order valence-corrected chi connectivity index (χ4v) is 3.96. The summed E-state index contributed by atoms with van der Waals surface area (Å²) >= 11 is 0. The predicted octanol–water partition coefficient (Wildman–Crippen LogP) is 3.48. The van der Waals surface area contributed by atoms with E-state index < -0.39 is 0 Å². The highest BCUT2D eigenvalue weighted by Crippen LogP contribution is 2.34. The predicted molar refractivity (Wildman–Crippen MR) is 115 cm³/mol. The van der Waals surface area contributed by atoms with Crippen LogP contribution < -0.4 is 9.64 Å². The number of para-hydroxylation sites is 1. The zero-order valence-electron chi connectivity index (χ0n) is 17.3. The maximum atomic E-state index is 13.4. The molecule has 2 aromatic rings. The van der Waals surface area contributed by atoms with Crippen molar-refractivity contribution in [2.45, 2.75) is 25.9 Å². The van der Waals surface area contributed by atoms with Crippen LogP contribution in [0.5, 0.6) is 5.75 Å². The fraction of sp³-hybridized carbons (Fsp3) is 0.333. The number of hydrogen-bond acceptors (Lipinski definition) is 5. The Morgan fingerprint density at radius 3 is 2.43 bits per heavy atom. The molecule has 1 atom stereocenters. The largest absolute Gasteiger partial charge is 0.494 e. The molecule has 1 fully saturated rings. The number of hydrogen-bond donors (Lipinski definition) is 0. The molecule has 2 aliphatic rings. The molecule has 2 aliphatic heterocycles. The molecule has 0 radical (unpaired) electrons. The molecule has 0 aliphatic carbocycles. The third-order valence-corrected chi connectivity index (χ3v) is 5.49. The zero-order valence-corrected chi connectivity index (χ0v) is 17.3. The zero-order chi connectivity index (χ0) is 21.1. The highest BCUT2D eigenvalue weighted by atomic mass is 16.5. The lowest BCUT2D eigenvalue weighted by molar-refractivity contribution is -0.138. The molecule has 30 heavy (non-hydrogen) atoms. The monoisotopic (exact) mass is 406 g/mol. The summed E-state index contributed by atoms with van der Waals surface area (Å²) in [4.78, 5) is 29.9. The Labute approximate surface area is 176 Å². The first kappa shape index (κ1) is 20.2. The molecular formula is C24H26N2O4. The molecular weight excluding hydrogens is 380 g/mol. The van der Waals surface area contributed by atoms with Crippen molar-refractivity contribution in [2.24, 2.45) is 0 Å². The van der Waals surface area contributed by atoms with E-state index in [0.717, 1.165) is 24.3 Å². The standard InChI is InChI=1S/C24H26N2O4/c1-3-29-19-13-11-17(12-14-19)21-22(25(2)18-8-5-4-6-9-18)24(28)26(23(21)27)16-20-10-7-15-30-20/h4-6,8-9,11-14,20H,3,7,10,15-16H2,1-2H3. The van der Waals surface area contributed by atoms with E-state index in [-0.39, 0.29) is 24.5 Å². The molecule has 6 heteroatoms. The maximum Gasteiger partial charge on any atom is 0.278 e. The molecule has 6 nitrogen and oxygen atoms in total. The number of nitrogens with zero attached hydrogens (tertiary/aromatic N) is 2. The summed E-state index contributed by atoms with van der Waals surface area (Å²) in [7, 11) is 1.82. The third kappa shape index (κ3) is 3.83. The number of likely N-dealkylation sites (N-methyl/N-ethyl adjacent to an activating group) is 1. The Balaban J connectivity index is 1.73. The van der Waals surface area contributed by atoms with Crippen molar-refractivity contribution in [3.63, 3.8) is 0 Å². The highest BCUT2D eigenvalue weighted by Gasteiger charge is 2.42. The molecule has 1 saturated heterocycles. The van der Waals surface area contributed by atoms with Crippen LogP contribution in [0.2, 0.25) is 0 Å². The first-order valence-electron chi connectivity index (χ1n) is 10.3. The Morgan fingerprint density at radius 1 is 1.07 bits per heavy atom. The summed E-state index contributed by atoms with van der Waals surface area (Å²) in [6.45, 7) is 3.45. The molecule has 1 unspecified atom stereocenters. The van der Waals surface area contributed by atoms with E-state index in [4.69, 9.17) is 9.47 Å². The Hall–Kier alpha value is -3.12. The van der Waals surface area contributed by atoms with E-state index in [1.54, 1.807) is 4.90 Å². The lowest BCUT2D eigenvalue weighted by atomic mass is 10.0. The van der Waals surface area contributed by atoms with E-state index >= 15 is 0 Å². The number of amides is 2. The number of carbonyl (C=O) groups is 2. The van der Waals surface area contributed by atoms with E-state index in [0.29, 0.717) is 30.0 Å². The van der Waals surface area contributed by atoms with Crippen molar-refractivity contribution < 1.29 is 19.1 Å². The van der Waals surface area contributed by atoms with Gasteiger partial charge in [0.2, 0.25) is 0 Å². The van der Waals surface area contributed by atoms with Crippen molar-refractivity contribution in [3.8, 4) is 5.75 Å². The normalized spacial score (nSPS) is 19.0. The van der Waals surface area contributed by atoms with Gasteiger partial charge in [-0.05, 0) is 49.6 Å². The lowest BCUT2D eigenvalue weighted by Gasteiger charge is -2.22. The van der Waals surface area contributed by atoms with Gasteiger partial charge in [-0.2, -0.15) is 0 Å². The number of imide groups is 1. The molecule has 2 amide bonds. The van der Waals surface area contributed by atoms with Gasteiger partial charge in [0.1, 0.15) is 11.4 Å². The molecule has 2 heterocycles. The maximum absolute atomic E-state index is 13.4. The summed E-state index contributed by atoms with van der Waals surface area (Å²) in [6.07, 6.45) is 1.72. The summed E-state index contributed by atoms with van der Waals surface area (Å²) in [5.41, 5.74) is 2.33. The number of rotatable bonds is 7. The minimum absolute atomic E-state index is 0.0964. The van der Waals surface area contributed by atoms with Gasteiger partial charge in [0.15, 0.2) is 0 Å². The summed E-state index contributed by atoms with van der Waals surface area (Å²) in [5, 5.41) is 0. The van der Waals surface area contributed by atoms with Gasteiger partial charge < -0.3 is 14.4 Å². The fourth-order valence-electron chi connectivity index (χ4n) is 3.96. The van der Waals surface area contributed by atoms with Crippen LogP contribution in [0.4, 0.5) is 5.69 Å². The molecule has 0 saturated carbocycles. The Bertz CT molecular complexity index is 947. The Kier molecular flexibility index (Phi) is 5.86. The number of carbonyl (C=O) groups excluding carboxylic acids is 2. The van der Waals surface area contributed by atoms with Crippen molar-refractivity contribution in [3.05, 3.63) is 65.9 Å². The second-order valence-corrected chi connectivity index (χ2v) is 7.43. The summed E-state index contributed by atoms with van der Waals surface area (Å²) < 4.78 is 11.2. The SMILES string of the molecule is CCOc1ccc(C2=C(N(C)c3ccccc3)C(=O)N(CC3CCCO3)C2=O)cc1. The van der Waals surface area contributed by atoms with Gasteiger partial charge in [-0.25, -0.2) is 0 Å². The molecule has 156 valence electrons. The van der Waals surface area contributed by atoms with Crippen LogP contribution in [0, 0.1) is 0 Å². The van der Waals surface area contributed by atoms with Crippen LogP contribution in [0.25, 0.3) is 5.57 Å². The highest BCUT2D eigenvalue weighted by molar-refractivity contribution is 6.36. The van der Waals surface area contributed by atoms with Crippen LogP contribution in [0.3, 0.4) is 0 Å². The van der Waals surface area contributed by atoms with Gasteiger partial charge in [-0.3, -0.25) is 14.5 Å². The van der Waals surface area contributed by atoms with Gasteiger partial charge in [0.25, 0.3) is 11.8 Å². The number of anilines is 1. The lowest BCUT2D eigenvalue weighted by Crippen LogP contribution is -2.39. The van der Waals surface area contributed by atoms with Crippen molar-refractivity contribution in [1.29, 1.82) is 0 Å². The molecule has 0 N–H and O–H groups in total. The van der Waals surface area contributed by atoms with Gasteiger partial charge in [-0.15, -0.1) is 0 Å². The second kappa shape index (κ2) is 8.71. The number of ether oxygens (including phenoxy) is 2. The smallest absolute Gasteiger partial charge is 0.278 e. The van der Waals surface area contributed by atoms with E-state index in [2.05, 4.69) is 0 Å². The van der Waals surface area contributed by atoms with Crippen molar-refractivity contribution in [2.75, 3.05) is 31.7 Å². The number of benzene rings is 2. The van der Waals surface area contributed by atoms with E-state index in [1.807, 2.05) is 68.6 Å². The second-order valence-electron chi connectivity index (χ2n) is 7.43. The minimum atomic E-state index is -0.286. The molecule has 0 spiro atoms. The molecule has 0 bridgehead atoms. The average Bonchev–Trinajstić information content (AvgIpc) is 3.37. The Morgan fingerprint density at radius 2 is 1.80 bits per heavy atom. The first-order chi connectivity index (χ1) is 14.6. The summed E-state index contributed by atoms with van der Waals surface area (Å²) in [5.74, 6) is 0.163. The third-order valence-electron chi connectivity index (χ3n) is 5.49. The van der Waals surface area contributed by atoms with Crippen molar-refractivity contribution in [1.82, 2.24) is 4.90 Å². The minimum Gasteiger partial charge on any atom is -0.494 e. The van der Waals surface area contributed by atoms with Crippen molar-refractivity contribution >= 4 is 23.1 Å². The van der Waals surface area contributed by atoms with Gasteiger partial charge >= 0.3 is 0 Å². The molecule has 0 aromatic heterocycles. The quantitative estimate of drug-likeness (QED) is 0.659. The average molecular weight is 406 g/mol. The molecule has 2 aromatic carbocycles. The van der Waals surface area contributed by atoms with Crippen LogP contribution in [0.15, 0.2) is 60.3 Å². The van der Waals surface area contributed by atoms with E-state index in [9.17, 15) is 9.59 Å². The van der Waals surface area contributed by atoms with Gasteiger partial charge in [0.05, 0.1) is 24.8 Å². The van der Waals surface area contributed by atoms with Crippen LogP contribution in [0.1, 0.15) is 25.3 Å². The van der Waals surface area contributed by atoms with Crippen LogP contribution in [-0.2, 0) is 14.3 Å². The summed E-state index contributed by atoms with van der Waals surface area (Å²) in [6, 6.07) is 16.9. The first-order valence-corrected chi connectivity index (χ1v) is 10.3. The van der Waals surface area contributed by atoms with E-state index in [1.165, 1.54) is 4.90 Å². The topological polar surface area (TPSA) is 59.1 Å².